The highest BCUT2D eigenvalue weighted by Crippen LogP contribution is 2.39. The highest BCUT2D eigenvalue weighted by atomic mass is 19.1. The maximum absolute atomic E-state index is 14.3. The van der Waals surface area contributed by atoms with E-state index in [1.54, 1.807) is 18.2 Å². The number of carbonyl (C=O) groups is 2. The number of amides is 2. The summed E-state index contributed by atoms with van der Waals surface area (Å²) in [6, 6.07) is 15.2. The summed E-state index contributed by atoms with van der Waals surface area (Å²) >= 11 is 0. The molecule has 0 radical (unpaired) electrons. The number of hydrogen-bond donors (Lipinski definition) is 1. The molecular weight excluding hydrogens is 499 g/mol. The molecule has 39 heavy (non-hydrogen) atoms. The third-order valence-electron chi connectivity index (χ3n) is 7.19. The molecule has 2 amide bonds. The lowest BCUT2D eigenvalue weighted by molar-refractivity contribution is -0.141. The van der Waals surface area contributed by atoms with Crippen molar-refractivity contribution in [1.29, 1.82) is 0 Å². The Hall–Kier alpha value is -3.65. The molecule has 7 nitrogen and oxygen atoms in total. The van der Waals surface area contributed by atoms with Crippen LogP contribution in [0.1, 0.15) is 72.7 Å². The fourth-order valence-electron chi connectivity index (χ4n) is 5.20. The standard InChI is InChI=1S/C31H35FN2O5/c1-31(2,3)30(36)34-14-13-20-9-10-23(17-26(20)28(34)21-6-4-7-22(32)16-21)38-19-25-11-12-27(39-25)29(35)33-18-24-8-5-15-37-24/h4,6-7,9-12,16-17,24,28H,5,8,13-15,18-19H2,1-3H3,(H,33,35)/t24-,28-/m0/s1. The van der Waals surface area contributed by atoms with E-state index in [0.29, 0.717) is 31.0 Å². The van der Waals surface area contributed by atoms with Gasteiger partial charge in [-0.2, -0.15) is 0 Å². The molecule has 1 fully saturated rings. The molecule has 1 saturated heterocycles. The predicted molar refractivity (Wildman–Crippen MR) is 144 cm³/mol. The average molecular weight is 535 g/mol. The van der Waals surface area contributed by atoms with E-state index < -0.39 is 11.5 Å². The molecule has 0 aliphatic carbocycles. The van der Waals surface area contributed by atoms with Gasteiger partial charge in [-0.3, -0.25) is 9.59 Å². The zero-order valence-electron chi connectivity index (χ0n) is 22.7. The second kappa shape index (κ2) is 11.2. The summed E-state index contributed by atoms with van der Waals surface area (Å²) in [7, 11) is 0. The van der Waals surface area contributed by atoms with E-state index in [1.165, 1.54) is 12.1 Å². The first kappa shape index (κ1) is 26.9. The lowest BCUT2D eigenvalue weighted by atomic mass is 9.85. The van der Waals surface area contributed by atoms with Crippen molar-refractivity contribution in [3.05, 3.63) is 88.6 Å². The highest BCUT2D eigenvalue weighted by molar-refractivity contribution is 5.91. The van der Waals surface area contributed by atoms with Crippen LogP contribution >= 0.6 is 0 Å². The SMILES string of the molecule is CC(C)(C)C(=O)N1CCc2ccc(OCc3ccc(C(=O)NC[C@@H]4CCCO4)o3)cc2[C@@H]1c1cccc(F)c1. The van der Waals surface area contributed by atoms with Crippen LogP contribution in [0.15, 0.2) is 59.0 Å². The summed E-state index contributed by atoms with van der Waals surface area (Å²) in [5.41, 5.74) is 2.15. The van der Waals surface area contributed by atoms with Crippen LogP contribution < -0.4 is 10.1 Å². The molecule has 0 saturated carbocycles. The number of furan rings is 1. The smallest absolute Gasteiger partial charge is 0.287 e. The molecule has 2 atom stereocenters. The van der Waals surface area contributed by atoms with E-state index in [2.05, 4.69) is 5.32 Å². The number of hydrogen-bond acceptors (Lipinski definition) is 5. The van der Waals surface area contributed by atoms with Crippen molar-refractivity contribution in [2.24, 2.45) is 5.41 Å². The fourth-order valence-corrected chi connectivity index (χ4v) is 5.20. The maximum atomic E-state index is 14.3. The average Bonchev–Trinajstić information content (AvgIpc) is 3.61. The number of ether oxygens (including phenoxy) is 2. The number of benzene rings is 2. The zero-order valence-corrected chi connectivity index (χ0v) is 22.7. The van der Waals surface area contributed by atoms with E-state index in [1.807, 2.05) is 49.9 Å². The third-order valence-corrected chi connectivity index (χ3v) is 7.19. The van der Waals surface area contributed by atoms with Crippen LogP contribution in [-0.4, -0.2) is 42.5 Å². The van der Waals surface area contributed by atoms with E-state index in [-0.39, 0.29) is 36.1 Å². The molecule has 2 aliphatic heterocycles. The van der Waals surface area contributed by atoms with Crippen LogP contribution in [0, 0.1) is 11.2 Å². The summed E-state index contributed by atoms with van der Waals surface area (Å²) in [5, 5.41) is 2.85. The number of carbonyl (C=O) groups excluding carboxylic acids is 2. The summed E-state index contributed by atoms with van der Waals surface area (Å²) in [6.07, 6.45) is 2.72. The monoisotopic (exact) mass is 534 g/mol. The van der Waals surface area contributed by atoms with Gasteiger partial charge >= 0.3 is 0 Å². The molecule has 1 aromatic heterocycles. The van der Waals surface area contributed by atoms with Gasteiger partial charge in [-0.15, -0.1) is 0 Å². The summed E-state index contributed by atoms with van der Waals surface area (Å²) in [6.45, 7) is 7.57. The molecule has 0 unspecified atom stereocenters. The van der Waals surface area contributed by atoms with E-state index in [4.69, 9.17) is 13.9 Å². The van der Waals surface area contributed by atoms with Gasteiger partial charge in [0.15, 0.2) is 5.76 Å². The second-order valence-electron chi connectivity index (χ2n) is 11.2. The molecule has 3 aromatic rings. The molecule has 0 spiro atoms. The van der Waals surface area contributed by atoms with Crippen LogP contribution in [0.25, 0.3) is 0 Å². The molecule has 0 bridgehead atoms. The highest BCUT2D eigenvalue weighted by Gasteiger charge is 2.37. The number of rotatable bonds is 7. The fraction of sp³-hybridized carbons (Fsp3) is 0.419. The van der Waals surface area contributed by atoms with Crippen LogP contribution in [0.2, 0.25) is 0 Å². The molecule has 206 valence electrons. The van der Waals surface area contributed by atoms with Crippen LogP contribution in [-0.2, 0) is 22.6 Å². The predicted octanol–water partition coefficient (Wildman–Crippen LogP) is 5.43. The Kier molecular flexibility index (Phi) is 7.75. The minimum Gasteiger partial charge on any atom is -0.486 e. The largest absolute Gasteiger partial charge is 0.486 e. The van der Waals surface area contributed by atoms with E-state index in [0.717, 1.165) is 36.1 Å². The molecule has 8 heteroatoms. The van der Waals surface area contributed by atoms with E-state index in [9.17, 15) is 14.0 Å². The van der Waals surface area contributed by atoms with Gasteiger partial charge in [-0.25, -0.2) is 4.39 Å². The van der Waals surface area contributed by atoms with Crippen molar-refractivity contribution in [1.82, 2.24) is 10.2 Å². The first-order valence-electron chi connectivity index (χ1n) is 13.5. The molecule has 5 rings (SSSR count). The van der Waals surface area contributed by atoms with Gasteiger partial charge in [0.2, 0.25) is 5.91 Å². The van der Waals surface area contributed by atoms with Crippen molar-refractivity contribution < 1.29 is 27.9 Å². The minimum absolute atomic E-state index is 0.00891. The number of fused-ring (bicyclic) bond motifs is 1. The van der Waals surface area contributed by atoms with Gasteiger partial charge < -0.3 is 24.1 Å². The summed E-state index contributed by atoms with van der Waals surface area (Å²) in [5.74, 6) is 0.715. The number of nitrogens with one attached hydrogen (secondary N) is 1. The first-order valence-corrected chi connectivity index (χ1v) is 13.5. The van der Waals surface area contributed by atoms with E-state index >= 15 is 0 Å². The van der Waals surface area contributed by atoms with Gasteiger partial charge in [0.1, 0.15) is 23.9 Å². The van der Waals surface area contributed by atoms with Gasteiger partial charge in [-0.1, -0.05) is 39.0 Å². The van der Waals surface area contributed by atoms with Gasteiger partial charge in [0.05, 0.1) is 12.1 Å². The van der Waals surface area contributed by atoms with Crippen molar-refractivity contribution in [2.45, 2.75) is 58.8 Å². The first-order chi connectivity index (χ1) is 18.7. The molecule has 2 aliphatic rings. The van der Waals surface area contributed by atoms with Gasteiger partial charge in [0, 0.05) is 25.1 Å². The topological polar surface area (TPSA) is 81.0 Å². The Morgan fingerprint density at radius 2 is 1.97 bits per heavy atom. The van der Waals surface area contributed by atoms with Crippen molar-refractivity contribution >= 4 is 11.8 Å². The van der Waals surface area contributed by atoms with Crippen molar-refractivity contribution in [3.8, 4) is 5.75 Å². The summed E-state index contributed by atoms with van der Waals surface area (Å²) < 4.78 is 31.6. The summed E-state index contributed by atoms with van der Waals surface area (Å²) in [4.78, 5) is 27.7. The van der Waals surface area contributed by atoms with Crippen LogP contribution in [0.3, 0.4) is 0 Å². The Bertz CT molecular complexity index is 1340. The number of nitrogens with zero attached hydrogens (tertiary/aromatic N) is 1. The third kappa shape index (κ3) is 6.17. The Labute approximate surface area is 228 Å². The molecular formula is C31H35FN2O5. The Balaban J connectivity index is 1.32. The lowest BCUT2D eigenvalue weighted by Gasteiger charge is -2.41. The maximum Gasteiger partial charge on any atom is 0.287 e. The molecule has 2 aromatic carbocycles. The molecule has 3 heterocycles. The normalized spacial score (nSPS) is 19.0. The Morgan fingerprint density at radius 1 is 1.13 bits per heavy atom. The van der Waals surface area contributed by atoms with Crippen LogP contribution in [0.4, 0.5) is 4.39 Å². The quantitative estimate of drug-likeness (QED) is 0.437. The lowest BCUT2D eigenvalue weighted by Crippen LogP contribution is -2.45. The van der Waals surface area contributed by atoms with Gasteiger partial charge in [0.25, 0.3) is 5.91 Å². The zero-order chi connectivity index (χ0) is 27.6. The second-order valence-corrected chi connectivity index (χ2v) is 11.2. The molecule has 1 N–H and O–H groups in total. The van der Waals surface area contributed by atoms with Gasteiger partial charge in [-0.05, 0) is 72.4 Å². The number of halogens is 1. The van der Waals surface area contributed by atoms with Crippen molar-refractivity contribution in [3.63, 3.8) is 0 Å². The Morgan fingerprint density at radius 3 is 2.72 bits per heavy atom. The van der Waals surface area contributed by atoms with Crippen molar-refractivity contribution in [2.75, 3.05) is 19.7 Å². The van der Waals surface area contributed by atoms with Crippen LogP contribution in [0.5, 0.6) is 5.75 Å². The minimum atomic E-state index is -0.579.